The van der Waals surface area contributed by atoms with Crippen molar-refractivity contribution in [3.63, 3.8) is 0 Å². The molecule has 0 aliphatic heterocycles. The van der Waals surface area contributed by atoms with Gasteiger partial charge in [0.2, 0.25) is 0 Å². The molecule has 1 aliphatic rings. The molecule has 0 unspecified atom stereocenters. The number of nitrogens with zero attached hydrogens (tertiary/aromatic N) is 1. The van der Waals surface area contributed by atoms with Crippen molar-refractivity contribution in [2.45, 2.75) is 31.6 Å². The zero-order chi connectivity index (χ0) is 8.39. The monoisotopic (exact) mass is 165 g/mol. The van der Waals surface area contributed by atoms with E-state index in [-0.39, 0.29) is 0 Å². The molecule has 3 nitrogen and oxygen atoms in total. The van der Waals surface area contributed by atoms with Crippen LogP contribution in [0.3, 0.4) is 0 Å². The fourth-order valence-corrected chi connectivity index (χ4v) is 1.39. The molecular formula is C9H15N3. The summed E-state index contributed by atoms with van der Waals surface area (Å²) in [6.45, 7) is 0.762. The Balaban J connectivity index is 1.93. The van der Waals surface area contributed by atoms with Crippen LogP contribution in [0.25, 0.3) is 0 Å². The van der Waals surface area contributed by atoms with E-state index in [1.54, 1.807) is 0 Å². The van der Waals surface area contributed by atoms with Gasteiger partial charge < -0.3 is 5.73 Å². The van der Waals surface area contributed by atoms with E-state index in [1.165, 1.54) is 24.2 Å². The Labute approximate surface area is 72.4 Å². The highest BCUT2D eigenvalue weighted by Gasteiger charge is 2.25. The number of rotatable bonds is 4. The van der Waals surface area contributed by atoms with Gasteiger partial charge in [-0.25, -0.2) is 0 Å². The average molecular weight is 165 g/mol. The van der Waals surface area contributed by atoms with Gasteiger partial charge in [0.1, 0.15) is 0 Å². The van der Waals surface area contributed by atoms with Gasteiger partial charge in [-0.3, -0.25) is 5.10 Å². The van der Waals surface area contributed by atoms with Gasteiger partial charge >= 0.3 is 0 Å². The van der Waals surface area contributed by atoms with Crippen LogP contribution in [-0.2, 0) is 6.42 Å². The van der Waals surface area contributed by atoms with Crippen LogP contribution < -0.4 is 5.73 Å². The summed E-state index contributed by atoms with van der Waals surface area (Å²) in [5.74, 6) is 0.757. The minimum Gasteiger partial charge on any atom is -0.330 e. The maximum atomic E-state index is 5.42. The quantitative estimate of drug-likeness (QED) is 0.703. The second-order valence-corrected chi connectivity index (χ2v) is 3.48. The average Bonchev–Trinajstić information content (AvgIpc) is 2.83. The molecule has 0 radical (unpaired) electrons. The minimum absolute atomic E-state index is 0.757. The molecule has 3 heteroatoms. The summed E-state index contributed by atoms with van der Waals surface area (Å²) in [6.07, 6.45) is 4.73. The number of aryl methyl sites for hydroxylation is 1. The van der Waals surface area contributed by atoms with Crippen LogP contribution in [0, 0.1) is 0 Å². The largest absolute Gasteiger partial charge is 0.330 e. The molecule has 0 bridgehead atoms. The number of hydrogen-bond acceptors (Lipinski definition) is 2. The Bertz CT molecular complexity index is 250. The third-order valence-electron chi connectivity index (χ3n) is 2.30. The summed E-state index contributed by atoms with van der Waals surface area (Å²) in [5.41, 5.74) is 7.91. The van der Waals surface area contributed by atoms with E-state index >= 15 is 0 Å². The molecule has 1 aliphatic carbocycles. The number of nitrogens with two attached hydrogens (primary N) is 1. The Morgan fingerprint density at radius 2 is 2.42 bits per heavy atom. The Morgan fingerprint density at radius 1 is 1.58 bits per heavy atom. The molecule has 1 fully saturated rings. The zero-order valence-corrected chi connectivity index (χ0v) is 7.21. The molecule has 3 N–H and O–H groups in total. The van der Waals surface area contributed by atoms with E-state index in [4.69, 9.17) is 5.73 Å². The van der Waals surface area contributed by atoms with Crippen LogP contribution in [0.1, 0.15) is 36.6 Å². The molecular weight excluding hydrogens is 150 g/mol. The van der Waals surface area contributed by atoms with E-state index in [2.05, 4.69) is 16.3 Å². The topological polar surface area (TPSA) is 54.7 Å². The first-order chi connectivity index (χ1) is 5.90. The zero-order valence-electron chi connectivity index (χ0n) is 7.21. The van der Waals surface area contributed by atoms with Crippen molar-refractivity contribution in [1.29, 1.82) is 0 Å². The van der Waals surface area contributed by atoms with Gasteiger partial charge in [0.25, 0.3) is 0 Å². The van der Waals surface area contributed by atoms with E-state index in [0.29, 0.717) is 0 Å². The first kappa shape index (κ1) is 7.80. The van der Waals surface area contributed by atoms with Crippen LogP contribution in [0.4, 0.5) is 0 Å². The van der Waals surface area contributed by atoms with Crippen molar-refractivity contribution >= 4 is 0 Å². The van der Waals surface area contributed by atoms with Gasteiger partial charge in [-0.05, 0) is 38.3 Å². The lowest BCUT2D eigenvalue weighted by Gasteiger charge is -1.91. The number of hydrogen-bond donors (Lipinski definition) is 2. The molecule has 0 saturated heterocycles. The summed E-state index contributed by atoms with van der Waals surface area (Å²) in [6, 6.07) is 2.19. The number of aromatic amines is 1. The highest BCUT2D eigenvalue weighted by Crippen LogP contribution is 2.38. The van der Waals surface area contributed by atoms with Gasteiger partial charge in [0, 0.05) is 11.6 Å². The normalized spacial score (nSPS) is 16.8. The molecule has 66 valence electrons. The van der Waals surface area contributed by atoms with Gasteiger partial charge in [0.05, 0.1) is 5.69 Å². The van der Waals surface area contributed by atoms with Crippen LogP contribution in [0.5, 0.6) is 0 Å². The molecule has 1 aromatic rings. The standard InChI is InChI=1S/C9H15N3/c10-5-1-2-8-6-9(12-11-8)7-3-4-7/h6-7H,1-5,10H2,(H,11,12). The van der Waals surface area contributed by atoms with Crippen molar-refractivity contribution in [3.05, 3.63) is 17.5 Å². The van der Waals surface area contributed by atoms with Crippen molar-refractivity contribution in [2.24, 2.45) is 5.73 Å². The lowest BCUT2D eigenvalue weighted by atomic mass is 10.2. The lowest BCUT2D eigenvalue weighted by Crippen LogP contribution is -2.00. The molecule has 1 aromatic heterocycles. The van der Waals surface area contributed by atoms with Gasteiger partial charge in [-0.2, -0.15) is 5.10 Å². The maximum absolute atomic E-state index is 5.42. The molecule has 0 aromatic carbocycles. The van der Waals surface area contributed by atoms with Crippen LogP contribution in [0.15, 0.2) is 6.07 Å². The Kier molecular flexibility index (Phi) is 2.13. The lowest BCUT2D eigenvalue weighted by molar-refractivity contribution is 0.802. The number of H-pyrrole nitrogens is 1. The van der Waals surface area contributed by atoms with Crippen molar-refractivity contribution in [1.82, 2.24) is 10.2 Å². The fourth-order valence-electron chi connectivity index (χ4n) is 1.39. The molecule has 1 heterocycles. The summed E-state index contributed by atoms with van der Waals surface area (Å²) in [4.78, 5) is 0. The fraction of sp³-hybridized carbons (Fsp3) is 0.667. The van der Waals surface area contributed by atoms with Crippen molar-refractivity contribution in [3.8, 4) is 0 Å². The third kappa shape index (κ3) is 1.67. The van der Waals surface area contributed by atoms with Gasteiger partial charge in [-0.1, -0.05) is 0 Å². The van der Waals surface area contributed by atoms with Crippen molar-refractivity contribution in [2.75, 3.05) is 6.54 Å². The van der Waals surface area contributed by atoms with Crippen molar-refractivity contribution < 1.29 is 0 Å². The van der Waals surface area contributed by atoms with Crippen LogP contribution >= 0.6 is 0 Å². The Morgan fingerprint density at radius 3 is 3.08 bits per heavy atom. The minimum atomic E-state index is 0.757. The number of aromatic nitrogens is 2. The SMILES string of the molecule is NCCCc1cc(C2CC2)n[nH]1. The second kappa shape index (κ2) is 3.27. The molecule has 12 heavy (non-hydrogen) atoms. The summed E-state index contributed by atoms with van der Waals surface area (Å²) < 4.78 is 0. The smallest absolute Gasteiger partial charge is 0.0655 e. The first-order valence-corrected chi connectivity index (χ1v) is 4.64. The van der Waals surface area contributed by atoms with Gasteiger partial charge in [-0.15, -0.1) is 0 Å². The van der Waals surface area contributed by atoms with E-state index in [9.17, 15) is 0 Å². The third-order valence-corrected chi connectivity index (χ3v) is 2.30. The molecule has 0 atom stereocenters. The predicted octanol–water partition coefficient (Wildman–Crippen LogP) is 1.18. The summed E-state index contributed by atoms with van der Waals surface area (Å²) in [7, 11) is 0. The van der Waals surface area contributed by atoms with Crippen LogP contribution in [-0.4, -0.2) is 16.7 Å². The maximum Gasteiger partial charge on any atom is 0.0655 e. The van der Waals surface area contributed by atoms with Crippen LogP contribution in [0.2, 0.25) is 0 Å². The summed E-state index contributed by atoms with van der Waals surface area (Å²) >= 11 is 0. The molecule has 0 spiro atoms. The summed E-state index contributed by atoms with van der Waals surface area (Å²) in [5, 5.41) is 7.32. The highest BCUT2D eigenvalue weighted by atomic mass is 15.1. The first-order valence-electron chi connectivity index (χ1n) is 4.64. The highest BCUT2D eigenvalue weighted by molar-refractivity contribution is 5.17. The predicted molar refractivity (Wildman–Crippen MR) is 47.9 cm³/mol. The second-order valence-electron chi connectivity index (χ2n) is 3.48. The molecule has 1 saturated carbocycles. The Hall–Kier alpha value is -0.830. The van der Waals surface area contributed by atoms with E-state index < -0.39 is 0 Å². The van der Waals surface area contributed by atoms with E-state index in [1.807, 2.05) is 0 Å². The molecule has 0 amide bonds. The van der Waals surface area contributed by atoms with Gasteiger partial charge in [0.15, 0.2) is 0 Å². The number of nitrogens with one attached hydrogen (secondary N) is 1. The van der Waals surface area contributed by atoms with E-state index in [0.717, 1.165) is 25.3 Å². The molecule has 2 rings (SSSR count).